The minimum absolute atomic E-state index is 0.323. The van der Waals surface area contributed by atoms with Crippen molar-refractivity contribution >= 4 is 43.2 Å². The van der Waals surface area contributed by atoms with Crippen LogP contribution in [0.2, 0.25) is 0 Å². The SMILES string of the molecule is CC(C)c1cc(-c2ccccc2)cc(C(C)C)c1-n1c(-c2csc3ccc(-c4ccc5ccccc5c4)cc23)nc2ccccc21. The predicted octanol–water partition coefficient (Wildman–Crippen LogP) is 12.6. The van der Waals surface area contributed by atoms with Gasteiger partial charge in [-0.2, -0.15) is 0 Å². The monoisotopic (exact) mass is 612 g/mol. The van der Waals surface area contributed by atoms with E-state index in [1.165, 1.54) is 65.5 Å². The Balaban J connectivity index is 1.38. The van der Waals surface area contributed by atoms with Gasteiger partial charge in [-0.1, -0.05) is 113 Å². The van der Waals surface area contributed by atoms with Crippen molar-refractivity contribution in [3.05, 3.63) is 144 Å². The lowest BCUT2D eigenvalue weighted by molar-refractivity contribution is 0.812. The van der Waals surface area contributed by atoms with E-state index in [1.807, 2.05) is 0 Å². The molecule has 2 heterocycles. The highest BCUT2D eigenvalue weighted by atomic mass is 32.1. The summed E-state index contributed by atoms with van der Waals surface area (Å²) in [6.07, 6.45) is 0. The van der Waals surface area contributed by atoms with E-state index in [9.17, 15) is 0 Å². The van der Waals surface area contributed by atoms with E-state index in [4.69, 9.17) is 4.98 Å². The summed E-state index contributed by atoms with van der Waals surface area (Å²) in [6.45, 7) is 9.25. The molecule has 6 aromatic carbocycles. The van der Waals surface area contributed by atoms with Gasteiger partial charge in [0.15, 0.2) is 0 Å². The molecular weight excluding hydrogens is 577 g/mol. The predicted molar refractivity (Wildman–Crippen MR) is 198 cm³/mol. The molecule has 8 aromatic rings. The Morgan fingerprint density at radius 3 is 1.98 bits per heavy atom. The molecule has 224 valence electrons. The van der Waals surface area contributed by atoms with Gasteiger partial charge < -0.3 is 0 Å². The number of hydrogen-bond acceptors (Lipinski definition) is 2. The Bertz CT molecular complexity index is 2340. The van der Waals surface area contributed by atoms with Gasteiger partial charge in [0.2, 0.25) is 0 Å². The maximum absolute atomic E-state index is 5.38. The van der Waals surface area contributed by atoms with Crippen LogP contribution in [0.25, 0.3) is 71.2 Å². The summed E-state index contributed by atoms with van der Waals surface area (Å²) >= 11 is 1.80. The molecule has 0 amide bonds. The quantitative estimate of drug-likeness (QED) is 0.183. The van der Waals surface area contributed by atoms with E-state index in [-0.39, 0.29) is 0 Å². The molecule has 0 saturated carbocycles. The first-order chi connectivity index (χ1) is 22.5. The minimum Gasteiger partial charge on any atom is -0.292 e. The molecule has 0 aliphatic carbocycles. The lowest BCUT2D eigenvalue weighted by Gasteiger charge is -2.24. The normalized spacial score (nSPS) is 11.9. The number of imidazole rings is 1. The van der Waals surface area contributed by atoms with E-state index >= 15 is 0 Å². The minimum atomic E-state index is 0.323. The Kier molecular flexibility index (Phi) is 7.07. The number of hydrogen-bond donors (Lipinski definition) is 0. The molecular formula is C43H36N2S. The van der Waals surface area contributed by atoms with Crippen LogP contribution in [0.5, 0.6) is 0 Å². The molecule has 2 aromatic heterocycles. The third kappa shape index (κ3) is 4.83. The summed E-state index contributed by atoms with van der Waals surface area (Å²) in [7, 11) is 0. The molecule has 0 N–H and O–H groups in total. The zero-order valence-electron chi connectivity index (χ0n) is 26.7. The van der Waals surface area contributed by atoms with Crippen LogP contribution >= 0.6 is 11.3 Å². The van der Waals surface area contributed by atoms with Crippen LogP contribution in [0, 0.1) is 0 Å². The number of fused-ring (bicyclic) bond motifs is 3. The van der Waals surface area contributed by atoms with Crippen molar-refractivity contribution in [2.45, 2.75) is 39.5 Å². The fourth-order valence-electron chi connectivity index (χ4n) is 6.80. The second-order valence-electron chi connectivity index (χ2n) is 12.9. The molecule has 0 bridgehead atoms. The largest absolute Gasteiger partial charge is 0.292 e. The third-order valence-electron chi connectivity index (χ3n) is 9.20. The first kappa shape index (κ1) is 28.5. The molecule has 0 aliphatic rings. The smallest absolute Gasteiger partial charge is 0.147 e. The van der Waals surface area contributed by atoms with Gasteiger partial charge >= 0.3 is 0 Å². The van der Waals surface area contributed by atoms with Crippen molar-refractivity contribution in [2.24, 2.45) is 0 Å². The van der Waals surface area contributed by atoms with Gasteiger partial charge in [-0.15, -0.1) is 11.3 Å². The summed E-state index contributed by atoms with van der Waals surface area (Å²) < 4.78 is 3.73. The fourth-order valence-corrected chi connectivity index (χ4v) is 7.72. The molecule has 2 nitrogen and oxygen atoms in total. The molecule has 0 atom stereocenters. The fraction of sp³-hybridized carbons (Fsp3) is 0.140. The van der Waals surface area contributed by atoms with Crippen molar-refractivity contribution in [2.75, 3.05) is 0 Å². The second-order valence-corrected chi connectivity index (χ2v) is 13.8. The van der Waals surface area contributed by atoms with Crippen molar-refractivity contribution in [3.8, 4) is 39.3 Å². The lowest BCUT2D eigenvalue weighted by Crippen LogP contribution is -2.09. The van der Waals surface area contributed by atoms with E-state index in [1.54, 1.807) is 11.3 Å². The Labute approximate surface area is 274 Å². The second kappa shape index (κ2) is 11.4. The van der Waals surface area contributed by atoms with Gasteiger partial charge in [0.05, 0.1) is 16.7 Å². The zero-order valence-corrected chi connectivity index (χ0v) is 27.5. The summed E-state index contributed by atoms with van der Waals surface area (Å²) in [5.74, 6) is 1.65. The molecule has 0 radical (unpaired) electrons. The molecule has 0 aliphatic heterocycles. The molecule has 3 heteroatoms. The molecule has 0 saturated heterocycles. The summed E-state index contributed by atoms with van der Waals surface area (Å²) in [4.78, 5) is 5.38. The van der Waals surface area contributed by atoms with Gasteiger partial charge in [-0.05, 0) is 98.5 Å². The third-order valence-corrected chi connectivity index (χ3v) is 10.2. The number of benzene rings is 6. The van der Waals surface area contributed by atoms with Crippen molar-refractivity contribution in [1.82, 2.24) is 9.55 Å². The van der Waals surface area contributed by atoms with Crippen molar-refractivity contribution in [3.63, 3.8) is 0 Å². The summed E-state index contributed by atoms with van der Waals surface area (Å²) in [5, 5.41) is 6.06. The van der Waals surface area contributed by atoms with Gasteiger partial charge in [0, 0.05) is 21.0 Å². The maximum Gasteiger partial charge on any atom is 0.147 e. The van der Waals surface area contributed by atoms with E-state index in [2.05, 4.69) is 165 Å². The van der Waals surface area contributed by atoms with Crippen LogP contribution in [0.4, 0.5) is 0 Å². The Morgan fingerprint density at radius 1 is 0.565 bits per heavy atom. The lowest BCUT2D eigenvalue weighted by atomic mass is 9.88. The summed E-state index contributed by atoms with van der Waals surface area (Å²) in [5.41, 5.74) is 12.2. The van der Waals surface area contributed by atoms with Crippen LogP contribution in [0.3, 0.4) is 0 Å². The van der Waals surface area contributed by atoms with Crippen molar-refractivity contribution in [1.29, 1.82) is 0 Å². The number of aromatic nitrogens is 2. The molecule has 46 heavy (non-hydrogen) atoms. The molecule has 0 unspecified atom stereocenters. The van der Waals surface area contributed by atoms with Crippen LogP contribution in [0.1, 0.15) is 50.7 Å². The van der Waals surface area contributed by atoms with Gasteiger partial charge in [-0.3, -0.25) is 4.57 Å². The maximum atomic E-state index is 5.38. The van der Waals surface area contributed by atoms with Crippen LogP contribution in [-0.4, -0.2) is 9.55 Å². The van der Waals surface area contributed by atoms with Gasteiger partial charge in [0.25, 0.3) is 0 Å². The van der Waals surface area contributed by atoms with E-state index in [0.717, 1.165) is 16.9 Å². The number of rotatable bonds is 6. The Morgan fingerprint density at radius 2 is 1.22 bits per heavy atom. The topological polar surface area (TPSA) is 17.8 Å². The number of para-hydroxylation sites is 2. The zero-order chi connectivity index (χ0) is 31.4. The first-order valence-corrected chi connectivity index (χ1v) is 17.1. The van der Waals surface area contributed by atoms with E-state index in [0.29, 0.717) is 11.8 Å². The number of nitrogens with zero attached hydrogens (tertiary/aromatic N) is 2. The average Bonchev–Trinajstić information content (AvgIpc) is 3.68. The first-order valence-electron chi connectivity index (χ1n) is 16.2. The highest BCUT2D eigenvalue weighted by molar-refractivity contribution is 7.17. The van der Waals surface area contributed by atoms with Crippen LogP contribution in [0.15, 0.2) is 133 Å². The number of thiophene rings is 1. The van der Waals surface area contributed by atoms with Gasteiger partial charge in [-0.25, -0.2) is 4.98 Å². The van der Waals surface area contributed by atoms with Crippen LogP contribution < -0.4 is 0 Å². The van der Waals surface area contributed by atoms with Crippen molar-refractivity contribution < 1.29 is 0 Å². The van der Waals surface area contributed by atoms with Crippen LogP contribution in [-0.2, 0) is 0 Å². The Hall–Kier alpha value is -4.99. The van der Waals surface area contributed by atoms with Gasteiger partial charge in [0.1, 0.15) is 5.82 Å². The molecule has 0 fully saturated rings. The van der Waals surface area contributed by atoms with E-state index < -0.39 is 0 Å². The molecule has 8 rings (SSSR count). The highest BCUT2D eigenvalue weighted by Gasteiger charge is 2.24. The highest BCUT2D eigenvalue weighted by Crippen LogP contribution is 2.43. The summed E-state index contributed by atoms with van der Waals surface area (Å²) in [6, 6.07) is 46.4. The average molecular weight is 613 g/mol. The molecule has 0 spiro atoms. The standard InChI is InChI=1S/C43H36N2S/c1-27(2)35-24-34(29-12-6-5-7-13-29)25-36(28(3)4)42(35)45-40-17-11-10-16-39(40)44-43(45)38-26-46-41-21-20-33(23-37(38)41)32-19-18-30-14-8-9-15-31(30)22-32/h5-28H,1-4H3.